The van der Waals surface area contributed by atoms with Gasteiger partial charge in [0.25, 0.3) is 0 Å². The highest BCUT2D eigenvalue weighted by atomic mass is 35.5. The molecule has 0 N–H and O–H groups in total. The summed E-state index contributed by atoms with van der Waals surface area (Å²) in [7, 11) is 0. The van der Waals surface area contributed by atoms with E-state index < -0.39 is 0 Å². The average Bonchev–Trinajstić information content (AvgIpc) is 2.34. The van der Waals surface area contributed by atoms with Crippen molar-refractivity contribution in [1.29, 1.82) is 5.26 Å². The summed E-state index contributed by atoms with van der Waals surface area (Å²) in [5.41, 5.74) is 1.46. The maximum Gasteiger partial charge on any atom is 0.119 e. The Balaban J connectivity index is 2.44. The molecule has 1 heterocycles. The van der Waals surface area contributed by atoms with Crippen molar-refractivity contribution in [2.24, 2.45) is 0 Å². The summed E-state index contributed by atoms with van der Waals surface area (Å²) in [6.07, 6.45) is 1.68. The average molecular weight is 295 g/mol. The zero-order valence-electron chi connectivity index (χ0n) is 9.45. The fraction of sp³-hybridized carbons (Fsp3) is 0.0769. The van der Waals surface area contributed by atoms with E-state index in [9.17, 15) is 0 Å². The predicted molar refractivity (Wildman–Crippen MR) is 74.3 cm³/mol. The third kappa shape index (κ3) is 2.78. The predicted octanol–water partition coefficient (Wildman–Crippen LogP) is 4.72. The molecule has 0 amide bonds. The van der Waals surface area contributed by atoms with Crippen LogP contribution >= 0.6 is 35.0 Å². The number of pyridine rings is 1. The van der Waals surface area contributed by atoms with Crippen molar-refractivity contribution < 1.29 is 0 Å². The fourth-order valence-corrected chi connectivity index (χ4v) is 2.86. The minimum atomic E-state index is 0.568. The first-order valence-corrected chi connectivity index (χ1v) is 6.67. The molecule has 0 spiro atoms. The molecule has 0 atom stereocenters. The van der Waals surface area contributed by atoms with Crippen LogP contribution in [0.1, 0.15) is 11.1 Å². The lowest BCUT2D eigenvalue weighted by Gasteiger charge is -2.06. The topological polar surface area (TPSA) is 36.7 Å². The number of rotatable bonds is 2. The van der Waals surface area contributed by atoms with Gasteiger partial charge in [-0.05, 0) is 36.8 Å². The number of aromatic nitrogens is 1. The summed E-state index contributed by atoms with van der Waals surface area (Å²) in [6.45, 7) is 1.88. The first-order valence-electron chi connectivity index (χ1n) is 5.10. The van der Waals surface area contributed by atoms with Crippen molar-refractivity contribution in [3.8, 4) is 6.07 Å². The maximum absolute atomic E-state index is 9.14. The molecule has 0 aliphatic heterocycles. The molecule has 1 aromatic carbocycles. The highest BCUT2D eigenvalue weighted by Crippen LogP contribution is 2.35. The van der Waals surface area contributed by atoms with Gasteiger partial charge in [-0.15, -0.1) is 0 Å². The van der Waals surface area contributed by atoms with Crippen molar-refractivity contribution in [3.05, 3.63) is 51.6 Å². The van der Waals surface area contributed by atoms with E-state index in [4.69, 9.17) is 28.5 Å². The summed E-state index contributed by atoms with van der Waals surface area (Å²) in [5, 5.41) is 11.0. The number of halogens is 2. The lowest BCUT2D eigenvalue weighted by Crippen LogP contribution is -1.90. The van der Waals surface area contributed by atoms with Gasteiger partial charge in [0.15, 0.2) is 0 Å². The molecule has 0 radical (unpaired) electrons. The summed E-state index contributed by atoms with van der Waals surface area (Å²) in [6, 6.07) is 9.19. The Morgan fingerprint density at radius 2 is 2.06 bits per heavy atom. The van der Waals surface area contributed by atoms with Gasteiger partial charge in [0.05, 0.1) is 10.6 Å². The summed E-state index contributed by atoms with van der Waals surface area (Å²) in [4.78, 5) is 5.01. The van der Waals surface area contributed by atoms with E-state index in [1.54, 1.807) is 24.4 Å². The van der Waals surface area contributed by atoms with Crippen molar-refractivity contribution in [2.45, 2.75) is 16.8 Å². The number of benzene rings is 1. The highest BCUT2D eigenvalue weighted by molar-refractivity contribution is 7.99. The lowest BCUT2D eigenvalue weighted by atomic mass is 10.2. The largest absolute Gasteiger partial charge is 0.248 e. The summed E-state index contributed by atoms with van der Waals surface area (Å²) in [5.74, 6) is 0. The molecule has 0 aliphatic rings. The van der Waals surface area contributed by atoms with Crippen LogP contribution in [0.3, 0.4) is 0 Å². The summed E-state index contributed by atoms with van der Waals surface area (Å²) < 4.78 is 0. The van der Waals surface area contributed by atoms with Gasteiger partial charge in [-0.25, -0.2) is 4.98 Å². The van der Waals surface area contributed by atoms with Crippen molar-refractivity contribution in [3.63, 3.8) is 0 Å². The highest BCUT2D eigenvalue weighted by Gasteiger charge is 2.10. The smallest absolute Gasteiger partial charge is 0.119 e. The van der Waals surface area contributed by atoms with Crippen LogP contribution in [0.5, 0.6) is 0 Å². The molecule has 1 aromatic heterocycles. The van der Waals surface area contributed by atoms with Gasteiger partial charge < -0.3 is 0 Å². The molecular weight excluding hydrogens is 287 g/mol. The van der Waals surface area contributed by atoms with Gasteiger partial charge in [-0.3, -0.25) is 0 Å². The zero-order valence-corrected chi connectivity index (χ0v) is 11.8. The number of hydrogen-bond acceptors (Lipinski definition) is 3. The monoisotopic (exact) mass is 294 g/mol. The standard InChI is InChI=1S/C13H8Cl2N2S/c1-8-4-5-17-13(10(8)7-16)18-12-6-9(14)2-3-11(12)15/h2-6H,1H3. The number of aryl methyl sites for hydroxylation is 1. The maximum atomic E-state index is 9.14. The third-order valence-corrected chi connectivity index (χ3v) is 4.07. The van der Waals surface area contributed by atoms with Crippen molar-refractivity contribution >= 4 is 35.0 Å². The van der Waals surface area contributed by atoms with Crippen LogP contribution in [0.25, 0.3) is 0 Å². The van der Waals surface area contributed by atoms with Crippen LogP contribution in [0, 0.1) is 18.3 Å². The first-order chi connectivity index (χ1) is 8.61. The lowest BCUT2D eigenvalue weighted by molar-refractivity contribution is 1.08. The van der Waals surface area contributed by atoms with E-state index in [0.717, 1.165) is 10.5 Å². The molecule has 5 heteroatoms. The van der Waals surface area contributed by atoms with E-state index in [1.807, 2.05) is 13.0 Å². The Morgan fingerprint density at radius 3 is 2.78 bits per heavy atom. The second-order valence-electron chi connectivity index (χ2n) is 3.60. The second kappa shape index (κ2) is 5.62. The molecule has 0 saturated carbocycles. The van der Waals surface area contributed by atoms with Crippen LogP contribution in [0.2, 0.25) is 10.0 Å². The Kier molecular flexibility index (Phi) is 4.13. The van der Waals surface area contributed by atoms with Gasteiger partial charge in [0.2, 0.25) is 0 Å². The third-order valence-electron chi connectivity index (χ3n) is 2.34. The Labute approximate surface area is 120 Å². The van der Waals surface area contributed by atoms with Crippen LogP contribution in [-0.4, -0.2) is 4.98 Å². The zero-order chi connectivity index (χ0) is 13.1. The molecule has 18 heavy (non-hydrogen) atoms. The first kappa shape index (κ1) is 13.2. The molecule has 2 nitrogen and oxygen atoms in total. The molecule has 90 valence electrons. The number of hydrogen-bond donors (Lipinski definition) is 0. The fourth-order valence-electron chi connectivity index (χ4n) is 1.41. The molecule has 0 fully saturated rings. The van der Waals surface area contributed by atoms with E-state index in [0.29, 0.717) is 20.6 Å². The Morgan fingerprint density at radius 1 is 1.28 bits per heavy atom. The van der Waals surface area contributed by atoms with Gasteiger partial charge in [-0.1, -0.05) is 35.0 Å². The molecule has 2 rings (SSSR count). The Hall–Kier alpha value is -1.21. The molecule has 0 unspecified atom stereocenters. The van der Waals surface area contributed by atoms with Crippen LogP contribution in [0.15, 0.2) is 40.4 Å². The van der Waals surface area contributed by atoms with E-state index >= 15 is 0 Å². The van der Waals surface area contributed by atoms with E-state index in [2.05, 4.69) is 11.1 Å². The SMILES string of the molecule is Cc1ccnc(Sc2cc(Cl)ccc2Cl)c1C#N. The van der Waals surface area contributed by atoms with Crippen molar-refractivity contribution in [1.82, 2.24) is 4.98 Å². The summed E-state index contributed by atoms with van der Waals surface area (Å²) >= 11 is 13.4. The van der Waals surface area contributed by atoms with Gasteiger partial charge in [0.1, 0.15) is 11.1 Å². The van der Waals surface area contributed by atoms with Gasteiger partial charge in [0, 0.05) is 16.1 Å². The normalized spacial score (nSPS) is 10.1. The van der Waals surface area contributed by atoms with Gasteiger partial charge in [-0.2, -0.15) is 5.26 Å². The van der Waals surface area contributed by atoms with Crippen LogP contribution < -0.4 is 0 Å². The van der Waals surface area contributed by atoms with E-state index in [1.165, 1.54) is 11.8 Å². The number of nitriles is 1. The van der Waals surface area contributed by atoms with Crippen molar-refractivity contribution in [2.75, 3.05) is 0 Å². The minimum Gasteiger partial charge on any atom is -0.248 e. The van der Waals surface area contributed by atoms with E-state index in [-0.39, 0.29) is 0 Å². The Bertz CT molecular complexity index is 635. The molecular formula is C13H8Cl2N2S. The van der Waals surface area contributed by atoms with Crippen LogP contribution in [-0.2, 0) is 0 Å². The second-order valence-corrected chi connectivity index (χ2v) is 5.47. The minimum absolute atomic E-state index is 0.568. The molecule has 0 saturated heterocycles. The molecule has 2 aromatic rings. The number of nitrogens with zero attached hydrogens (tertiary/aromatic N) is 2. The molecule has 0 bridgehead atoms. The van der Waals surface area contributed by atoms with Gasteiger partial charge >= 0.3 is 0 Å². The van der Waals surface area contributed by atoms with Crippen LogP contribution in [0.4, 0.5) is 0 Å². The quantitative estimate of drug-likeness (QED) is 0.804. The molecule has 0 aliphatic carbocycles.